The molecule has 88 valence electrons. The van der Waals surface area contributed by atoms with Crippen molar-refractivity contribution >= 4 is 15.9 Å². The summed E-state index contributed by atoms with van der Waals surface area (Å²) in [4.78, 5) is 0. The van der Waals surface area contributed by atoms with Crippen LogP contribution in [0.4, 0.5) is 0 Å². The third-order valence-electron chi connectivity index (χ3n) is 2.43. The zero-order valence-corrected chi connectivity index (χ0v) is 10.9. The van der Waals surface area contributed by atoms with Crippen LogP contribution in [0.25, 0.3) is 0 Å². The quantitative estimate of drug-likeness (QED) is 0.934. The molecule has 0 saturated carbocycles. The van der Waals surface area contributed by atoms with Crippen LogP contribution < -0.4 is 4.74 Å². The molecule has 0 atom stereocenters. The van der Waals surface area contributed by atoms with Gasteiger partial charge in [0.15, 0.2) is 0 Å². The maximum Gasteiger partial charge on any atom is 0.125 e. The Morgan fingerprint density at radius 1 is 1.06 bits per heavy atom. The van der Waals surface area contributed by atoms with Crippen molar-refractivity contribution < 1.29 is 9.84 Å². The van der Waals surface area contributed by atoms with E-state index >= 15 is 0 Å². The van der Waals surface area contributed by atoms with Crippen LogP contribution in [0.15, 0.2) is 53.0 Å². The van der Waals surface area contributed by atoms with Gasteiger partial charge in [0.05, 0.1) is 6.61 Å². The Hall–Kier alpha value is -1.32. The maximum atomic E-state index is 9.17. The fourth-order valence-corrected chi connectivity index (χ4v) is 2.01. The molecule has 0 bridgehead atoms. The van der Waals surface area contributed by atoms with Gasteiger partial charge in [-0.05, 0) is 23.8 Å². The summed E-state index contributed by atoms with van der Waals surface area (Å²) >= 11 is 3.42. The van der Waals surface area contributed by atoms with Crippen molar-refractivity contribution in [2.75, 3.05) is 0 Å². The smallest absolute Gasteiger partial charge is 0.125 e. The Morgan fingerprint density at radius 2 is 1.88 bits per heavy atom. The van der Waals surface area contributed by atoms with Gasteiger partial charge in [0.1, 0.15) is 12.4 Å². The first-order chi connectivity index (χ1) is 8.29. The fourth-order valence-electron chi connectivity index (χ4n) is 1.56. The first-order valence-electron chi connectivity index (χ1n) is 5.35. The zero-order valence-electron chi connectivity index (χ0n) is 9.27. The fraction of sp³-hybridized carbons (Fsp3) is 0.143. The highest BCUT2D eigenvalue weighted by Crippen LogP contribution is 2.20. The summed E-state index contributed by atoms with van der Waals surface area (Å²) in [6.45, 7) is 0.491. The summed E-state index contributed by atoms with van der Waals surface area (Å²) in [7, 11) is 0. The van der Waals surface area contributed by atoms with Crippen LogP contribution in [-0.4, -0.2) is 5.11 Å². The molecule has 0 spiro atoms. The molecule has 2 aromatic carbocycles. The molecule has 0 saturated heterocycles. The number of hydrogen-bond donors (Lipinski definition) is 1. The van der Waals surface area contributed by atoms with E-state index in [0.29, 0.717) is 6.61 Å². The molecule has 2 aromatic rings. The van der Waals surface area contributed by atoms with Crippen molar-refractivity contribution in [2.24, 2.45) is 0 Å². The van der Waals surface area contributed by atoms with E-state index in [9.17, 15) is 5.11 Å². The summed E-state index contributed by atoms with van der Waals surface area (Å²) in [5.74, 6) is 0.731. The van der Waals surface area contributed by atoms with Crippen LogP contribution in [0.1, 0.15) is 11.1 Å². The lowest BCUT2D eigenvalue weighted by atomic mass is 10.2. The van der Waals surface area contributed by atoms with Gasteiger partial charge in [-0.15, -0.1) is 0 Å². The number of hydrogen-bond acceptors (Lipinski definition) is 2. The van der Waals surface area contributed by atoms with Gasteiger partial charge in [-0.25, -0.2) is 0 Å². The molecule has 0 heterocycles. The number of benzene rings is 2. The molecule has 0 aliphatic heterocycles. The lowest BCUT2D eigenvalue weighted by molar-refractivity contribution is 0.259. The number of aliphatic hydroxyl groups is 1. The molecule has 3 heteroatoms. The first-order valence-corrected chi connectivity index (χ1v) is 6.15. The van der Waals surface area contributed by atoms with E-state index in [0.717, 1.165) is 21.3 Å². The molecule has 0 amide bonds. The van der Waals surface area contributed by atoms with Gasteiger partial charge >= 0.3 is 0 Å². The Bertz CT molecular complexity index is 497. The van der Waals surface area contributed by atoms with Crippen LogP contribution in [0, 0.1) is 0 Å². The highest BCUT2D eigenvalue weighted by Gasteiger charge is 2.02. The van der Waals surface area contributed by atoms with Gasteiger partial charge in [0.2, 0.25) is 0 Å². The highest BCUT2D eigenvalue weighted by molar-refractivity contribution is 9.10. The molecule has 2 nitrogen and oxygen atoms in total. The third kappa shape index (κ3) is 3.32. The summed E-state index contributed by atoms with van der Waals surface area (Å²) in [6, 6.07) is 15.5. The summed E-state index contributed by atoms with van der Waals surface area (Å²) in [6.07, 6.45) is 0. The molecule has 0 fully saturated rings. The molecule has 1 N–H and O–H groups in total. The van der Waals surface area contributed by atoms with Crippen LogP contribution in [0.5, 0.6) is 5.75 Å². The molecule has 17 heavy (non-hydrogen) atoms. The standard InChI is InChI=1S/C14H13BrO2/c15-13-6-3-4-11(8-13)10-17-14-7-2-1-5-12(14)9-16/h1-8,16H,9-10H2. The summed E-state index contributed by atoms with van der Waals surface area (Å²) < 4.78 is 6.72. The second-order valence-electron chi connectivity index (χ2n) is 3.68. The van der Waals surface area contributed by atoms with Gasteiger partial charge in [-0.2, -0.15) is 0 Å². The first kappa shape index (κ1) is 12.1. The maximum absolute atomic E-state index is 9.17. The average Bonchev–Trinajstić information content (AvgIpc) is 2.37. The number of para-hydroxylation sites is 1. The van der Waals surface area contributed by atoms with E-state index in [2.05, 4.69) is 15.9 Å². The SMILES string of the molecule is OCc1ccccc1OCc1cccc(Br)c1. The lowest BCUT2D eigenvalue weighted by Gasteiger charge is -2.10. The van der Waals surface area contributed by atoms with Crippen molar-refractivity contribution in [2.45, 2.75) is 13.2 Å². The third-order valence-corrected chi connectivity index (χ3v) is 2.92. The van der Waals surface area contributed by atoms with Crippen molar-refractivity contribution in [3.63, 3.8) is 0 Å². The van der Waals surface area contributed by atoms with E-state index in [1.54, 1.807) is 0 Å². The number of aliphatic hydroxyl groups excluding tert-OH is 1. The Labute approximate surface area is 109 Å². The van der Waals surface area contributed by atoms with Crippen molar-refractivity contribution in [3.05, 3.63) is 64.1 Å². The molecule has 0 aromatic heterocycles. The molecule has 0 unspecified atom stereocenters. The largest absolute Gasteiger partial charge is 0.489 e. The molecular formula is C14H13BrO2. The van der Waals surface area contributed by atoms with Crippen LogP contribution >= 0.6 is 15.9 Å². The predicted octanol–water partition coefficient (Wildman–Crippen LogP) is 3.52. The predicted molar refractivity (Wildman–Crippen MR) is 70.8 cm³/mol. The zero-order chi connectivity index (χ0) is 12.1. The topological polar surface area (TPSA) is 29.5 Å². The van der Waals surface area contributed by atoms with Crippen LogP contribution in [0.3, 0.4) is 0 Å². The minimum Gasteiger partial charge on any atom is -0.489 e. The van der Waals surface area contributed by atoms with Crippen molar-refractivity contribution in [1.82, 2.24) is 0 Å². The van der Waals surface area contributed by atoms with Crippen molar-refractivity contribution in [3.8, 4) is 5.75 Å². The van der Waals surface area contributed by atoms with Gasteiger partial charge in [-0.1, -0.05) is 46.3 Å². The molecule has 0 aliphatic rings. The lowest BCUT2D eigenvalue weighted by Crippen LogP contribution is -1.98. The molecular weight excluding hydrogens is 280 g/mol. The van der Waals surface area contributed by atoms with Gasteiger partial charge in [-0.3, -0.25) is 0 Å². The molecule has 0 aliphatic carbocycles. The normalized spacial score (nSPS) is 10.2. The number of ether oxygens (including phenoxy) is 1. The monoisotopic (exact) mass is 292 g/mol. The van der Waals surface area contributed by atoms with E-state index < -0.39 is 0 Å². The summed E-state index contributed by atoms with van der Waals surface area (Å²) in [5.41, 5.74) is 1.90. The van der Waals surface area contributed by atoms with Gasteiger partial charge in [0.25, 0.3) is 0 Å². The van der Waals surface area contributed by atoms with Gasteiger partial charge in [0, 0.05) is 10.0 Å². The minimum absolute atomic E-state index is 0.00530. The second kappa shape index (κ2) is 5.84. The van der Waals surface area contributed by atoms with Crippen LogP contribution in [0.2, 0.25) is 0 Å². The number of halogens is 1. The summed E-state index contributed by atoms with van der Waals surface area (Å²) in [5, 5.41) is 9.17. The Morgan fingerprint density at radius 3 is 2.65 bits per heavy atom. The van der Waals surface area contributed by atoms with E-state index in [4.69, 9.17) is 4.74 Å². The molecule has 2 rings (SSSR count). The van der Waals surface area contributed by atoms with Gasteiger partial charge < -0.3 is 9.84 Å². The van der Waals surface area contributed by atoms with E-state index in [1.807, 2.05) is 48.5 Å². The Balaban J connectivity index is 2.07. The van der Waals surface area contributed by atoms with E-state index in [-0.39, 0.29) is 6.61 Å². The highest BCUT2D eigenvalue weighted by atomic mass is 79.9. The number of rotatable bonds is 4. The minimum atomic E-state index is -0.00530. The Kier molecular flexibility index (Phi) is 4.18. The molecule has 0 radical (unpaired) electrons. The average molecular weight is 293 g/mol. The van der Waals surface area contributed by atoms with E-state index in [1.165, 1.54) is 0 Å². The van der Waals surface area contributed by atoms with Crippen LogP contribution in [-0.2, 0) is 13.2 Å². The second-order valence-corrected chi connectivity index (χ2v) is 4.60. The van der Waals surface area contributed by atoms with Crippen molar-refractivity contribution in [1.29, 1.82) is 0 Å².